The molecule has 1 atom stereocenters. The van der Waals surface area contributed by atoms with E-state index in [9.17, 15) is 0 Å². The van der Waals surface area contributed by atoms with Gasteiger partial charge in [0.1, 0.15) is 16.9 Å². The summed E-state index contributed by atoms with van der Waals surface area (Å²) in [5, 5.41) is 13.1. The van der Waals surface area contributed by atoms with Gasteiger partial charge in [-0.15, -0.1) is 0 Å². The Labute approximate surface area is 121 Å². The Morgan fingerprint density at radius 1 is 1.26 bits per heavy atom. The molecule has 0 bridgehead atoms. The van der Waals surface area contributed by atoms with Gasteiger partial charge < -0.3 is 5.32 Å². The van der Waals surface area contributed by atoms with E-state index in [0.29, 0.717) is 21.4 Å². The maximum atomic E-state index is 8.93. The van der Waals surface area contributed by atoms with E-state index in [4.69, 9.17) is 28.5 Å². The van der Waals surface area contributed by atoms with Crippen LogP contribution in [-0.2, 0) is 0 Å². The van der Waals surface area contributed by atoms with Crippen LogP contribution in [0.25, 0.3) is 0 Å². The van der Waals surface area contributed by atoms with Crippen molar-refractivity contribution < 1.29 is 0 Å². The fourth-order valence-electron chi connectivity index (χ4n) is 1.74. The number of hydrogen-bond donors (Lipinski definition) is 1. The molecule has 0 aliphatic carbocycles. The lowest BCUT2D eigenvalue weighted by Crippen LogP contribution is -2.09. The van der Waals surface area contributed by atoms with E-state index < -0.39 is 0 Å². The largest absolute Gasteiger partial charge is 0.362 e. The number of nitriles is 1. The lowest BCUT2D eigenvalue weighted by Gasteiger charge is -2.17. The van der Waals surface area contributed by atoms with Gasteiger partial charge in [-0.05, 0) is 24.6 Å². The first-order valence-corrected chi connectivity index (χ1v) is 6.44. The monoisotopic (exact) mass is 291 g/mol. The van der Waals surface area contributed by atoms with Crippen molar-refractivity contribution in [1.29, 1.82) is 5.26 Å². The third-order valence-electron chi connectivity index (χ3n) is 2.73. The summed E-state index contributed by atoms with van der Waals surface area (Å²) in [6, 6.07) is 11.1. The topological polar surface area (TPSA) is 48.7 Å². The molecule has 1 N–H and O–H groups in total. The van der Waals surface area contributed by atoms with Gasteiger partial charge in [-0.2, -0.15) is 5.26 Å². The molecule has 0 spiro atoms. The first-order valence-electron chi connectivity index (χ1n) is 5.69. The molecule has 0 radical (unpaired) electrons. The number of nitrogens with one attached hydrogen (secondary N) is 1. The minimum Gasteiger partial charge on any atom is -0.362 e. The summed E-state index contributed by atoms with van der Waals surface area (Å²) in [6.07, 6.45) is 1.55. The number of aromatic nitrogens is 1. The SMILES string of the molecule is CC(Nc1nccc(C#N)c1Cl)c1ccccc1Cl. The van der Waals surface area contributed by atoms with Gasteiger partial charge in [0, 0.05) is 11.2 Å². The first kappa shape index (κ1) is 13.7. The highest BCUT2D eigenvalue weighted by Crippen LogP contribution is 2.29. The third-order valence-corrected chi connectivity index (χ3v) is 3.46. The van der Waals surface area contributed by atoms with Crippen LogP contribution in [-0.4, -0.2) is 4.98 Å². The van der Waals surface area contributed by atoms with E-state index in [2.05, 4.69) is 10.3 Å². The average Bonchev–Trinajstić information content (AvgIpc) is 2.41. The Balaban J connectivity index is 2.28. The number of nitrogens with zero attached hydrogens (tertiary/aromatic N) is 2. The number of pyridine rings is 1. The zero-order valence-electron chi connectivity index (χ0n) is 10.2. The highest BCUT2D eigenvalue weighted by atomic mass is 35.5. The van der Waals surface area contributed by atoms with Crippen LogP contribution in [0.4, 0.5) is 5.82 Å². The Hall–Kier alpha value is -1.76. The maximum absolute atomic E-state index is 8.93. The third kappa shape index (κ3) is 2.98. The van der Waals surface area contributed by atoms with E-state index in [1.54, 1.807) is 12.3 Å². The Morgan fingerprint density at radius 2 is 2.00 bits per heavy atom. The lowest BCUT2D eigenvalue weighted by atomic mass is 10.1. The quantitative estimate of drug-likeness (QED) is 0.910. The minimum atomic E-state index is -0.0624. The molecule has 0 aliphatic heterocycles. The van der Waals surface area contributed by atoms with Crippen LogP contribution in [0.15, 0.2) is 36.5 Å². The van der Waals surface area contributed by atoms with Crippen molar-refractivity contribution in [1.82, 2.24) is 4.98 Å². The van der Waals surface area contributed by atoms with Crippen molar-refractivity contribution in [3.8, 4) is 6.07 Å². The normalized spacial score (nSPS) is 11.7. The van der Waals surface area contributed by atoms with Crippen LogP contribution in [0, 0.1) is 11.3 Å². The van der Waals surface area contributed by atoms with E-state index >= 15 is 0 Å². The van der Waals surface area contributed by atoms with Crippen LogP contribution in [0.3, 0.4) is 0 Å². The molecule has 5 heteroatoms. The molecule has 0 amide bonds. The van der Waals surface area contributed by atoms with Gasteiger partial charge in [0.25, 0.3) is 0 Å². The molecule has 19 heavy (non-hydrogen) atoms. The summed E-state index contributed by atoms with van der Waals surface area (Å²) in [5.74, 6) is 0.480. The molecule has 0 saturated heterocycles. The lowest BCUT2D eigenvalue weighted by molar-refractivity contribution is 0.875. The Kier molecular flexibility index (Phi) is 4.26. The van der Waals surface area contributed by atoms with E-state index in [-0.39, 0.29) is 6.04 Å². The van der Waals surface area contributed by atoms with Crippen LogP contribution in [0.2, 0.25) is 10.0 Å². The standard InChI is InChI=1S/C14H11Cl2N3/c1-9(11-4-2-3-5-12(11)15)19-14-13(16)10(8-17)6-7-18-14/h2-7,9H,1H3,(H,18,19). The molecule has 1 aromatic heterocycles. The maximum Gasteiger partial charge on any atom is 0.146 e. The molecule has 2 rings (SSSR count). The molecule has 1 aromatic carbocycles. The van der Waals surface area contributed by atoms with Crippen molar-refractivity contribution in [2.24, 2.45) is 0 Å². The van der Waals surface area contributed by atoms with Crippen LogP contribution < -0.4 is 5.32 Å². The van der Waals surface area contributed by atoms with Gasteiger partial charge in [0.05, 0.1) is 11.6 Å². The van der Waals surface area contributed by atoms with E-state index in [1.807, 2.05) is 37.3 Å². The van der Waals surface area contributed by atoms with E-state index in [0.717, 1.165) is 5.56 Å². The molecule has 0 aliphatic rings. The molecular formula is C14H11Cl2N3. The van der Waals surface area contributed by atoms with Crippen molar-refractivity contribution >= 4 is 29.0 Å². The van der Waals surface area contributed by atoms with Crippen molar-refractivity contribution in [3.05, 3.63) is 57.7 Å². The minimum absolute atomic E-state index is 0.0624. The van der Waals surface area contributed by atoms with Crippen LogP contribution >= 0.6 is 23.2 Å². The molecule has 3 nitrogen and oxygen atoms in total. The predicted molar refractivity (Wildman–Crippen MR) is 77.5 cm³/mol. The molecule has 1 heterocycles. The fraction of sp³-hybridized carbons (Fsp3) is 0.143. The van der Waals surface area contributed by atoms with Crippen molar-refractivity contribution in [2.45, 2.75) is 13.0 Å². The zero-order valence-corrected chi connectivity index (χ0v) is 11.7. The van der Waals surface area contributed by atoms with E-state index in [1.165, 1.54) is 0 Å². The molecular weight excluding hydrogens is 281 g/mol. The summed E-state index contributed by atoms with van der Waals surface area (Å²) in [5.41, 5.74) is 1.34. The number of anilines is 1. The Morgan fingerprint density at radius 3 is 2.68 bits per heavy atom. The van der Waals surface area contributed by atoms with Crippen molar-refractivity contribution in [3.63, 3.8) is 0 Å². The summed E-state index contributed by atoms with van der Waals surface area (Å²) >= 11 is 12.2. The Bertz CT molecular complexity index is 635. The molecule has 0 saturated carbocycles. The van der Waals surface area contributed by atoms with Crippen molar-refractivity contribution in [2.75, 3.05) is 5.32 Å². The fourth-order valence-corrected chi connectivity index (χ4v) is 2.25. The van der Waals surface area contributed by atoms with Gasteiger partial charge in [0.15, 0.2) is 0 Å². The second-order valence-corrected chi connectivity index (χ2v) is 4.81. The second-order valence-electron chi connectivity index (χ2n) is 4.02. The summed E-state index contributed by atoms with van der Waals surface area (Å²) in [6.45, 7) is 1.96. The number of benzene rings is 1. The number of halogens is 2. The molecule has 1 unspecified atom stereocenters. The van der Waals surface area contributed by atoms with Gasteiger partial charge in [-0.1, -0.05) is 41.4 Å². The summed E-state index contributed by atoms with van der Waals surface area (Å²) in [7, 11) is 0. The van der Waals surface area contributed by atoms with Gasteiger partial charge in [0.2, 0.25) is 0 Å². The zero-order chi connectivity index (χ0) is 13.8. The second kappa shape index (κ2) is 5.92. The molecule has 2 aromatic rings. The highest BCUT2D eigenvalue weighted by Gasteiger charge is 2.13. The molecule has 96 valence electrons. The summed E-state index contributed by atoms with van der Waals surface area (Å²) < 4.78 is 0. The summed E-state index contributed by atoms with van der Waals surface area (Å²) in [4.78, 5) is 4.14. The van der Waals surface area contributed by atoms with Gasteiger partial charge in [-0.3, -0.25) is 0 Å². The number of hydrogen-bond acceptors (Lipinski definition) is 3. The molecule has 0 fully saturated rings. The first-order chi connectivity index (χ1) is 9.13. The highest BCUT2D eigenvalue weighted by molar-refractivity contribution is 6.34. The van der Waals surface area contributed by atoms with Crippen LogP contribution in [0.1, 0.15) is 24.1 Å². The van der Waals surface area contributed by atoms with Crippen LogP contribution in [0.5, 0.6) is 0 Å². The predicted octanol–water partition coefficient (Wildman–Crippen LogP) is 4.43. The smallest absolute Gasteiger partial charge is 0.146 e. The van der Waals surface area contributed by atoms with Gasteiger partial charge >= 0.3 is 0 Å². The van der Waals surface area contributed by atoms with Gasteiger partial charge in [-0.25, -0.2) is 4.98 Å². The number of rotatable bonds is 3. The average molecular weight is 292 g/mol.